The highest BCUT2D eigenvalue weighted by atomic mass is 32.1. The summed E-state index contributed by atoms with van der Waals surface area (Å²) in [4.78, 5) is 8.39. The van der Waals surface area contributed by atoms with E-state index in [-0.39, 0.29) is 0 Å². The molecule has 0 radical (unpaired) electrons. The van der Waals surface area contributed by atoms with Gasteiger partial charge in [0.15, 0.2) is 0 Å². The summed E-state index contributed by atoms with van der Waals surface area (Å²) in [5.74, 6) is 0.643. The zero-order valence-corrected chi connectivity index (χ0v) is 7.80. The summed E-state index contributed by atoms with van der Waals surface area (Å²) in [6, 6.07) is 0. The number of hydrogen-bond acceptors (Lipinski definition) is 4. The quantitative estimate of drug-likeness (QED) is 0.679. The lowest BCUT2D eigenvalue weighted by molar-refractivity contribution is 0.801. The van der Waals surface area contributed by atoms with Gasteiger partial charge in [0.05, 0.1) is 11.4 Å². The first-order chi connectivity index (χ1) is 5.86. The van der Waals surface area contributed by atoms with E-state index in [9.17, 15) is 0 Å². The predicted octanol–water partition coefficient (Wildman–Crippen LogP) is 0.798. The highest BCUT2D eigenvalue weighted by molar-refractivity contribution is 7.79. The fourth-order valence-corrected chi connectivity index (χ4v) is 1.04. The second kappa shape index (κ2) is 5.11. The van der Waals surface area contributed by atoms with Gasteiger partial charge in [-0.2, -0.15) is 12.6 Å². The summed E-state index contributed by atoms with van der Waals surface area (Å²) in [6.45, 7) is 0.704. The summed E-state index contributed by atoms with van der Waals surface area (Å²) in [6.07, 6.45) is 5.44. The van der Waals surface area contributed by atoms with E-state index in [0.717, 1.165) is 24.2 Å². The third-order valence-electron chi connectivity index (χ3n) is 1.56. The van der Waals surface area contributed by atoms with Gasteiger partial charge in [0.2, 0.25) is 0 Å². The molecule has 1 heterocycles. The largest absolute Gasteiger partial charge is 0.330 e. The molecule has 66 valence electrons. The van der Waals surface area contributed by atoms with Crippen LogP contribution in [0.2, 0.25) is 0 Å². The first-order valence-corrected chi connectivity index (χ1v) is 4.61. The van der Waals surface area contributed by atoms with Crippen molar-refractivity contribution in [3.8, 4) is 0 Å². The van der Waals surface area contributed by atoms with Crippen molar-refractivity contribution in [2.24, 2.45) is 5.73 Å². The van der Waals surface area contributed by atoms with Crippen LogP contribution >= 0.6 is 12.6 Å². The zero-order valence-electron chi connectivity index (χ0n) is 6.90. The van der Waals surface area contributed by atoms with Crippen LogP contribution in [0.15, 0.2) is 12.4 Å². The van der Waals surface area contributed by atoms with Crippen LogP contribution in [0, 0.1) is 0 Å². The minimum Gasteiger partial charge on any atom is -0.330 e. The predicted molar refractivity (Wildman–Crippen MR) is 52.1 cm³/mol. The van der Waals surface area contributed by atoms with Gasteiger partial charge in [0, 0.05) is 18.1 Å². The molecule has 3 nitrogen and oxygen atoms in total. The van der Waals surface area contributed by atoms with Gasteiger partial charge < -0.3 is 5.73 Å². The molecule has 0 unspecified atom stereocenters. The van der Waals surface area contributed by atoms with Crippen molar-refractivity contribution in [3.05, 3.63) is 23.8 Å². The van der Waals surface area contributed by atoms with Crippen LogP contribution in [0.3, 0.4) is 0 Å². The number of aromatic nitrogens is 2. The lowest BCUT2D eigenvalue weighted by Crippen LogP contribution is -2.02. The van der Waals surface area contributed by atoms with E-state index in [1.165, 1.54) is 0 Å². The summed E-state index contributed by atoms with van der Waals surface area (Å²) >= 11 is 4.09. The number of nitrogens with zero attached hydrogens (tertiary/aromatic N) is 2. The van der Waals surface area contributed by atoms with E-state index in [0.29, 0.717) is 12.3 Å². The van der Waals surface area contributed by atoms with Gasteiger partial charge in [-0.1, -0.05) is 0 Å². The Morgan fingerprint density at radius 1 is 1.25 bits per heavy atom. The maximum Gasteiger partial charge on any atom is 0.0683 e. The van der Waals surface area contributed by atoms with Gasteiger partial charge in [-0.3, -0.25) is 9.97 Å². The standard InChI is InChI=1S/C8H13N3S/c9-3-1-2-7-4-11-8(6-12)5-10-7/h4-5,12H,1-3,6,9H2. The van der Waals surface area contributed by atoms with Crippen LogP contribution in [0.4, 0.5) is 0 Å². The van der Waals surface area contributed by atoms with Crippen molar-refractivity contribution in [1.82, 2.24) is 9.97 Å². The molecule has 1 aromatic rings. The van der Waals surface area contributed by atoms with E-state index < -0.39 is 0 Å². The molecule has 1 rings (SSSR count). The number of rotatable bonds is 4. The number of nitrogens with two attached hydrogens (primary N) is 1. The Bertz CT molecular complexity index is 222. The lowest BCUT2D eigenvalue weighted by Gasteiger charge is -1.98. The Morgan fingerprint density at radius 2 is 1.92 bits per heavy atom. The molecule has 0 bridgehead atoms. The Hall–Kier alpha value is -0.610. The van der Waals surface area contributed by atoms with E-state index in [4.69, 9.17) is 5.73 Å². The van der Waals surface area contributed by atoms with Crippen LogP contribution < -0.4 is 5.73 Å². The highest BCUT2D eigenvalue weighted by Gasteiger charge is 1.95. The van der Waals surface area contributed by atoms with Crippen molar-refractivity contribution in [2.75, 3.05) is 6.54 Å². The van der Waals surface area contributed by atoms with Crippen molar-refractivity contribution >= 4 is 12.6 Å². The summed E-state index contributed by atoms with van der Waals surface area (Å²) in [7, 11) is 0. The molecule has 0 fully saturated rings. The van der Waals surface area contributed by atoms with Crippen LogP contribution in [-0.4, -0.2) is 16.5 Å². The van der Waals surface area contributed by atoms with Gasteiger partial charge in [-0.05, 0) is 19.4 Å². The molecule has 0 amide bonds. The second-order valence-electron chi connectivity index (χ2n) is 2.55. The molecule has 0 atom stereocenters. The average Bonchev–Trinajstić information content (AvgIpc) is 2.15. The molecule has 1 aromatic heterocycles. The Kier molecular flexibility index (Phi) is 4.04. The van der Waals surface area contributed by atoms with Crippen molar-refractivity contribution < 1.29 is 0 Å². The van der Waals surface area contributed by atoms with E-state index in [1.807, 2.05) is 0 Å². The molecular formula is C8H13N3S. The lowest BCUT2D eigenvalue weighted by atomic mass is 10.2. The van der Waals surface area contributed by atoms with Crippen molar-refractivity contribution in [1.29, 1.82) is 0 Å². The van der Waals surface area contributed by atoms with E-state index in [2.05, 4.69) is 22.6 Å². The van der Waals surface area contributed by atoms with E-state index in [1.54, 1.807) is 12.4 Å². The van der Waals surface area contributed by atoms with Crippen molar-refractivity contribution in [3.63, 3.8) is 0 Å². The molecule has 0 aromatic carbocycles. The molecule has 0 aliphatic carbocycles. The van der Waals surface area contributed by atoms with Gasteiger partial charge in [-0.15, -0.1) is 0 Å². The maximum atomic E-state index is 5.37. The summed E-state index contributed by atoms with van der Waals surface area (Å²) < 4.78 is 0. The molecule has 0 saturated carbocycles. The Balaban J connectivity index is 2.53. The maximum absolute atomic E-state index is 5.37. The Labute approximate surface area is 77.8 Å². The minimum atomic E-state index is 0.643. The van der Waals surface area contributed by atoms with Crippen LogP contribution in [-0.2, 0) is 12.2 Å². The monoisotopic (exact) mass is 183 g/mol. The molecular weight excluding hydrogens is 170 g/mol. The minimum absolute atomic E-state index is 0.643. The smallest absolute Gasteiger partial charge is 0.0683 e. The third kappa shape index (κ3) is 2.79. The van der Waals surface area contributed by atoms with Gasteiger partial charge in [-0.25, -0.2) is 0 Å². The van der Waals surface area contributed by atoms with Gasteiger partial charge in [0.25, 0.3) is 0 Å². The molecule has 12 heavy (non-hydrogen) atoms. The molecule has 0 aliphatic heterocycles. The summed E-state index contributed by atoms with van der Waals surface area (Å²) in [5.41, 5.74) is 7.29. The van der Waals surface area contributed by atoms with Crippen LogP contribution in [0.1, 0.15) is 17.8 Å². The average molecular weight is 183 g/mol. The van der Waals surface area contributed by atoms with Gasteiger partial charge in [0.1, 0.15) is 0 Å². The SMILES string of the molecule is NCCCc1cnc(CS)cn1. The second-order valence-corrected chi connectivity index (χ2v) is 2.87. The fraction of sp³-hybridized carbons (Fsp3) is 0.500. The van der Waals surface area contributed by atoms with E-state index >= 15 is 0 Å². The number of thiol groups is 1. The topological polar surface area (TPSA) is 51.8 Å². The molecule has 0 spiro atoms. The van der Waals surface area contributed by atoms with Crippen LogP contribution in [0.5, 0.6) is 0 Å². The third-order valence-corrected chi connectivity index (χ3v) is 1.88. The summed E-state index contributed by atoms with van der Waals surface area (Å²) in [5, 5.41) is 0. The fourth-order valence-electron chi connectivity index (χ4n) is 0.875. The first kappa shape index (κ1) is 9.48. The van der Waals surface area contributed by atoms with Crippen molar-refractivity contribution in [2.45, 2.75) is 18.6 Å². The normalized spacial score (nSPS) is 10.2. The first-order valence-electron chi connectivity index (χ1n) is 3.97. The molecule has 2 N–H and O–H groups in total. The van der Waals surface area contributed by atoms with Gasteiger partial charge >= 0.3 is 0 Å². The number of hydrogen-bond donors (Lipinski definition) is 2. The molecule has 4 heteroatoms. The molecule has 0 aliphatic rings. The van der Waals surface area contributed by atoms with Crippen LogP contribution in [0.25, 0.3) is 0 Å². The number of aryl methyl sites for hydroxylation is 1. The highest BCUT2D eigenvalue weighted by Crippen LogP contribution is 2.00. The molecule has 0 saturated heterocycles. The zero-order chi connectivity index (χ0) is 8.81. The Morgan fingerprint density at radius 3 is 2.42 bits per heavy atom.